The molecule has 0 atom stereocenters. The van der Waals surface area contributed by atoms with Crippen LogP contribution < -0.4 is 0 Å². The first kappa shape index (κ1) is 28.2. The largest absolute Gasteiger partial charge is 0.508 e. The predicted molar refractivity (Wildman–Crippen MR) is 141 cm³/mol. The summed E-state index contributed by atoms with van der Waals surface area (Å²) in [6, 6.07) is 16.4. The van der Waals surface area contributed by atoms with Crippen molar-refractivity contribution in [1.29, 1.82) is 0 Å². The summed E-state index contributed by atoms with van der Waals surface area (Å²) in [5, 5.41) is 9.58. The van der Waals surface area contributed by atoms with E-state index in [2.05, 4.69) is 69.9 Å². The number of aromatic hydroxyl groups is 1. The lowest BCUT2D eigenvalue weighted by atomic mass is 9.87. The summed E-state index contributed by atoms with van der Waals surface area (Å²) in [6.45, 7) is 18.0. The first-order chi connectivity index (χ1) is 15.3. The van der Waals surface area contributed by atoms with Crippen molar-refractivity contribution in [2.75, 3.05) is 6.54 Å². The lowest BCUT2D eigenvalue weighted by Gasteiger charge is -2.22. The van der Waals surface area contributed by atoms with Gasteiger partial charge in [-0.25, -0.2) is 0 Å². The van der Waals surface area contributed by atoms with E-state index in [4.69, 9.17) is 0 Å². The average Bonchev–Trinajstić information content (AvgIpc) is 3.02. The minimum Gasteiger partial charge on any atom is -0.508 e. The monoisotopic (exact) mass is 439 g/mol. The van der Waals surface area contributed by atoms with E-state index < -0.39 is 0 Å². The van der Waals surface area contributed by atoms with E-state index in [1.54, 1.807) is 6.07 Å². The Morgan fingerprint density at radius 3 is 1.91 bits per heavy atom. The fourth-order valence-corrected chi connectivity index (χ4v) is 4.04. The molecule has 3 rings (SSSR count). The molecule has 1 aliphatic carbocycles. The van der Waals surface area contributed by atoms with Crippen LogP contribution in [0.5, 0.6) is 5.75 Å². The molecule has 2 heteroatoms. The topological polar surface area (TPSA) is 23.5 Å². The number of hydrogen-bond acceptors (Lipinski definition) is 2. The van der Waals surface area contributed by atoms with E-state index >= 15 is 0 Å². The van der Waals surface area contributed by atoms with E-state index in [9.17, 15) is 5.11 Å². The average molecular weight is 440 g/mol. The molecule has 0 aromatic heterocycles. The van der Waals surface area contributed by atoms with Crippen LogP contribution in [0.25, 0.3) is 0 Å². The molecule has 0 amide bonds. The molecular weight excluding hydrogens is 390 g/mol. The molecular formula is C30H49NO. The maximum absolute atomic E-state index is 9.58. The summed E-state index contributed by atoms with van der Waals surface area (Å²) in [4.78, 5) is 2.38. The van der Waals surface area contributed by atoms with Gasteiger partial charge in [0.1, 0.15) is 5.75 Å². The number of benzene rings is 2. The highest BCUT2D eigenvalue weighted by atomic mass is 16.3. The van der Waals surface area contributed by atoms with Gasteiger partial charge in [0.05, 0.1) is 0 Å². The Balaban J connectivity index is 0.000000427. The number of hydrogen-bond donors (Lipinski definition) is 1. The van der Waals surface area contributed by atoms with E-state index in [-0.39, 0.29) is 5.41 Å². The van der Waals surface area contributed by atoms with Crippen LogP contribution in [0.1, 0.15) is 104 Å². The first-order valence-electron chi connectivity index (χ1n) is 12.9. The maximum atomic E-state index is 9.58. The summed E-state index contributed by atoms with van der Waals surface area (Å²) in [5.74, 6) is 1.36. The van der Waals surface area contributed by atoms with Crippen LogP contribution in [0.15, 0.2) is 48.5 Å². The van der Waals surface area contributed by atoms with Crippen molar-refractivity contribution in [3.8, 4) is 5.75 Å². The minimum absolute atomic E-state index is 0.199. The molecule has 0 heterocycles. The molecule has 0 spiro atoms. The van der Waals surface area contributed by atoms with Gasteiger partial charge < -0.3 is 5.11 Å². The SMILES string of the molecule is CC.CC1CCCCCC1.CCN(Cc1ccc(C(C)(C)C)cc1)Cc1cccc(O)c1. The molecule has 2 aromatic carbocycles. The summed E-state index contributed by atoms with van der Waals surface area (Å²) in [7, 11) is 0. The van der Waals surface area contributed by atoms with E-state index in [1.807, 2.05) is 26.0 Å². The number of phenolic OH excluding ortho intramolecular Hbond substituents is 1. The third-order valence-corrected chi connectivity index (χ3v) is 6.13. The Morgan fingerprint density at radius 2 is 1.41 bits per heavy atom. The van der Waals surface area contributed by atoms with E-state index in [0.717, 1.165) is 31.1 Å². The highest BCUT2D eigenvalue weighted by Crippen LogP contribution is 2.23. The predicted octanol–water partition coefficient (Wildman–Crippen LogP) is 8.71. The zero-order valence-electron chi connectivity index (χ0n) is 22.0. The van der Waals surface area contributed by atoms with Crippen LogP contribution in [0, 0.1) is 5.92 Å². The minimum atomic E-state index is 0.199. The van der Waals surface area contributed by atoms with Gasteiger partial charge in [0.15, 0.2) is 0 Å². The van der Waals surface area contributed by atoms with Crippen LogP contribution in [-0.4, -0.2) is 16.6 Å². The molecule has 0 aliphatic heterocycles. The summed E-state index contributed by atoms with van der Waals surface area (Å²) < 4.78 is 0. The Morgan fingerprint density at radius 1 is 0.844 bits per heavy atom. The molecule has 0 saturated heterocycles. The Kier molecular flexibility index (Phi) is 13.3. The Bertz CT molecular complexity index is 721. The van der Waals surface area contributed by atoms with Gasteiger partial charge in [-0.3, -0.25) is 4.90 Å². The van der Waals surface area contributed by atoms with Gasteiger partial charge in [-0.15, -0.1) is 0 Å². The van der Waals surface area contributed by atoms with Crippen molar-refractivity contribution in [1.82, 2.24) is 4.90 Å². The summed E-state index contributed by atoms with van der Waals surface area (Å²) in [5.41, 5.74) is 4.04. The van der Waals surface area contributed by atoms with E-state index in [0.29, 0.717) is 5.75 Å². The summed E-state index contributed by atoms with van der Waals surface area (Å²) in [6.07, 6.45) is 8.93. The molecule has 180 valence electrons. The lowest BCUT2D eigenvalue weighted by molar-refractivity contribution is 0.271. The van der Waals surface area contributed by atoms with Crippen molar-refractivity contribution < 1.29 is 5.11 Å². The smallest absolute Gasteiger partial charge is 0.115 e. The van der Waals surface area contributed by atoms with Gasteiger partial charge in [-0.2, -0.15) is 0 Å². The van der Waals surface area contributed by atoms with Gasteiger partial charge in [0.2, 0.25) is 0 Å². The first-order valence-corrected chi connectivity index (χ1v) is 12.9. The summed E-state index contributed by atoms with van der Waals surface area (Å²) >= 11 is 0. The second kappa shape index (κ2) is 15.1. The zero-order valence-corrected chi connectivity index (χ0v) is 22.0. The standard InChI is InChI=1S/C20H27NO.C8H16.C2H6/c1-5-21(15-17-7-6-8-19(22)13-17)14-16-9-11-18(12-10-16)20(2,3)4;1-8-6-4-2-3-5-7-8;1-2/h6-13,22H,5,14-15H2,1-4H3;8H,2-7H2,1H3;1-2H3. The second-order valence-electron chi connectivity index (χ2n) is 10.0. The highest BCUT2D eigenvalue weighted by Gasteiger charge is 2.13. The number of phenols is 1. The van der Waals surface area contributed by atoms with Crippen LogP contribution in [0.2, 0.25) is 0 Å². The van der Waals surface area contributed by atoms with Crippen LogP contribution in [-0.2, 0) is 18.5 Å². The van der Waals surface area contributed by atoms with E-state index in [1.165, 1.54) is 49.7 Å². The number of nitrogens with zero attached hydrogens (tertiary/aromatic N) is 1. The molecule has 0 radical (unpaired) electrons. The molecule has 0 bridgehead atoms. The zero-order chi connectivity index (χ0) is 24.0. The third-order valence-electron chi connectivity index (χ3n) is 6.13. The van der Waals surface area contributed by atoms with Crippen molar-refractivity contribution in [2.24, 2.45) is 5.92 Å². The van der Waals surface area contributed by atoms with Crippen LogP contribution in [0.3, 0.4) is 0 Å². The van der Waals surface area contributed by atoms with Crippen molar-refractivity contribution in [3.05, 3.63) is 65.2 Å². The quantitative estimate of drug-likeness (QED) is 0.471. The molecule has 0 unspecified atom stereocenters. The number of rotatable bonds is 5. The third kappa shape index (κ3) is 11.2. The van der Waals surface area contributed by atoms with Crippen molar-refractivity contribution in [3.63, 3.8) is 0 Å². The Labute approximate surface area is 199 Å². The molecule has 1 aliphatic rings. The van der Waals surface area contributed by atoms with Crippen LogP contribution >= 0.6 is 0 Å². The van der Waals surface area contributed by atoms with Gasteiger partial charge in [-0.05, 0) is 46.7 Å². The van der Waals surface area contributed by atoms with Gasteiger partial charge in [0.25, 0.3) is 0 Å². The molecule has 2 aromatic rings. The maximum Gasteiger partial charge on any atom is 0.115 e. The molecule has 1 saturated carbocycles. The van der Waals surface area contributed by atoms with Crippen LogP contribution in [0.4, 0.5) is 0 Å². The highest BCUT2D eigenvalue weighted by molar-refractivity contribution is 5.29. The normalized spacial score (nSPS) is 14.6. The van der Waals surface area contributed by atoms with Gasteiger partial charge in [-0.1, -0.05) is 123 Å². The lowest BCUT2D eigenvalue weighted by Crippen LogP contribution is -2.22. The van der Waals surface area contributed by atoms with Crippen molar-refractivity contribution in [2.45, 2.75) is 105 Å². The fraction of sp³-hybridized carbons (Fsp3) is 0.600. The molecule has 1 N–H and O–H groups in total. The molecule has 32 heavy (non-hydrogen) atoms. The van der Waals surface area contributed by atoms with Gasteiger partial charge >= 0.3 is 0 Å². The molecule has 1 fully saturated rings. The Hall–Kier alpha value is -1.80. The van der Waals surface area contributed by atoms with Gasteiger partial charge in [0, 0.05) is 13.1 Å². The fourth-order valence-electron chi connectivity index (χ4n) is 4.04. The van der Waals surface area contributed by atoms with Crippen molar-refractivity contribution >= 4 is 0 Å². The second-order valence-corrected chi connectivity index (χ2v) is 10.0. The molecule has 2 nitrogen and oxygen atoms in total.